The fourth-order valence-corrected chi connectivity index (χ4v) is 3.73. The molecule has 1 saturated heterocycles. The van der Waals surface area contributed by atoms with E-state index in [1.165, 1.54) is 11.3 Å². The Morgan fingerprint density at radius 1 is 1.13 bits per heavy atom. The molecule has 0 N–H and O–H groups in total. The van der Waals surface area contributed by atoms with Crippen LogP contribution in [0.15, 0.2) is 53.1 Å². The lowest BCUT2D eigenvalue weighted by Gasteiger charge is -2.41. The fourth-order valence-electron chi connectivity index (χ4n) is 3.73. The first-order valence-electron chi connectivity index (χ1n) is 10.1. The highest BCUT2D eigenvalue weighted by Crippen LogP contribution is 2.22. The maximum Gasteiger partial charge on any atom is 0.236 e. The Balaban J connectivity index is 1.36. The minimum atomic E-state index is 0.00957. The lowest BCUT2D eigenvalue weighted by Crippen LogP contribution is -2.54. The summed E-state index contributed by atoms with van der Waals surface area (Å²) in [5.41, 5.74) is 3.26. The van der Waals surface area contributed by atoms with Crippen molar-refractivity contribution < 1.29 is 14.1 Å². The second-order valence-corrected chi connectivity index (χ2v) is 7.63. The van der Waals surface area contributed by atoms with E-state index in [0.717, 1.165) is 17.9 Å². The van der Waals surface area contributed by atoms with Crippen molar-refractivity contribution in [1.82, 2.24) is 15.0 Å². The van der Waals surface area contributed by atoms with Crippen LogP contribution in [-0.2, 0) is 11.2 Å². The number of amides is 1. The van der Waals surface area contributed by atoms with E-state index < -0.39 is 0 Å². The van der Waals surface area contributed by atoms with E-state index in [9.17, 15) is 4.79 Å². The van der Waals surface area contributed by atoms with Crippen molar-refractivity contribution in [3.05, 3.63) is 60.0 Å². The standard InChI is InChI=1S/C23H26N4O3/c1-16-4-8-19(9-5-16)27-13-12-26(15-17(27)2)22(28)14-21-24-23(25-30-21)18-6-10-20(29-3)11-7-18/h4-11,17H,12-15H2,1-3H3. The van der Waals surface area contributed by atoms with Crippen molar-refractivity contribution in [1.29, 1.82) is 0 Å². The number of benzene rings is 2. The summed E-state index contributed by atoms with van der Waals surface area (Å²) in [7, 11) is 1.62. The second kappa shape index (κ2) is 8.57. The second-order valence-electron chi connectivity index (χ2n) is 7.63. The first kappa shape index (κ1) is 19.9. The fraction of sp³-hybridized carbons (Fsp3) is 0.348. The Morgan fingerprint density at radius 2 is 1.87 bits per heavy atom. The smallest absolute Gasteiger partial charge is 0.236 e. The Hall–Kier alpha value is -3.35. The summed E-state index contributed by atoms with van der Waals surface area (Å²) < 4.78 is 10.5. The number of ether oxygens (including phenoxy) is 1. The summed E-state index contributed by atoms with van der Waals surface area (Å²) in [6, 6.07) is 16.2. The summed E-state index contributed by atoms with van der Waals surface area (Å²) >= 11 is 0. The van der Waals surface area contributed by atoms with E-state index >= 15 is 0 Å². The van der Waals surface area contributed by atoms with Gasteiger partial charge < -0.3 is 19.1 Å². The molecule has 156 valence electrons. The average Bonchev–Trinajstić information content (AvgIpc) is 3.23. The number of hydrogen-bond acceptors (Lipinski definition) is 6. The molecule has 1 aromatic heterocycles. The van der Waals surface area contributed by atoms with Crippen LogP contribution in [0.3, 0.4) is 0 Å². The summed E-state index contributed by atoms with van der Waals surface area (Å²) in [6.07, 6.45) is 0.112. The number of anilines is 1. The maximum atomic E-state index is 12.8. The maximum absolute atomic E-state index is 12.8. The van der Waals surface area contributed by atoms with Gasteiger partial charge in [-0.1, -0.05) is 22.9 Å². The van der Waals surface area contributed by atoms with Crippen LogP contribution in [0.2, 0.25) is 0 Å². The van der Waals surface area contributed by atoms with E-state index in [-0.39, 0.29) is 18.4 Å². The van der Waals surface area contributed by atoms with Crippen LogP contribution in [0.5, 0.6) is 5.75 Å². The highest BCUT2D eigenvalue weighted by Gasteiger charge is 2.28. The molecule has 0 saturated carbocycles. The molecule has 3 aromatic rings. The molecule has 2 aromatic carbocycles. The monoisotopic (exact) mass is 406 g/mol. The van der Waals surface area contributed by atoms with Gasteiger partial charge in [0.05, 0.1) is 7.11 Å². The van der Waals surface area contributed by atoms with Crippen molar-refractivity contribution in [2.45, 2.75) is 26.3 Å². The molecule has 7 heteroatoms. The van der Waals surface area contributed by atoms with Gasteiger partial charge in [-0.2, -0.15) is 4.98 Å². The van der Waals surface area contributed by atoms with Gasteiger partial charge in [-0.25, -0.2) is 0 Å². The van der Waals surface area contributed by atoms with Gasteiger partial charge in [0.25, 0.3) is 0 Å². The van der Waals surface area contributed by atoms with E-state index in [4.69, 9.17) is 9.26 Å². The highest BCUT2D eigenvalue weighted by molar-refractivity contribution is 5.78. The predicted octanol–water partition coefficient (Wildman–Crippen LogP) is 3.33. The molecule has 0 spiro atoms. The minimum Gasteiger partial charge on any atom is -0.497 e. The summed E-state index contributed by atoms with van der Waals surface area (Å²) in [5, 5.41) is 4.01. The number of hydrogen-bond donors (Lipinski definition) is 0. The molecule has 4 rings (SSSR count). The summed E-state index contributed by atoms with van der Waals surface area (Å²) in [6.45, 7) is 6.38. The molecule has 7 nitrogen and oxygen atoms in total. The zero-order valence-corrected chi connectivity index (χ0v) is 17.5. The zero-order chi connectivity index (χ0) is 21.1. The molecular formula is C23H26N4O3. The Bertz CT molecular complexity index is 998. The summed E-state index contributed by atoms with van der Waals surface area (Å²) in [4.78, 5) is 21.4. The third-order valence-electron chi connectivity index (χ3n) is 5.46. The van der Waals surface area contributed by atoms with Crippen molar-refractivity contribution in [3.8, 4) is 17.1 Å². The number of carbonyl (C=O) groups excluding carboxylic acids is 1. The average molecular weight is 406 g/mol. The van der Waals surface area contributed by atoms with Crippen molar-refractivity contribution in [3.63, 3.8) is 0 Å². The van der Waals surface area contributed by atoms with Gasteiger partial charge in [-0.3, -0.25) is 4.79 Å². The van der Waals surface area contributed by atoms with Crippen molar-refractivity contribution in [2.75, 3.05) is 31.6 Å². The molecule has 2 heterocycles. The van der Waals surface area contributed by atoms with E-state index in [1.807, 2.05) is 29.2 Å². The normalized spacial score (nSPS) is 16.6. The van der Waals surface area contributed by atoms with Gasteiger partial charge in [-0.05, 0) is 50.2 Å². The van der Waals surface area contributed by atoms with Gasteiger partial charge in [0.1, 0.15) is 12.2 Å². The molecule has 1 aliphatic heterocycles. The third-order valence-corrected chi connectivity index (χ3v) is 5.46. The van der Waals surface area contributed by atoms with Crippen LogP contribution >= 0.6 is 0 Å². The van der Waals surface area contributed by atoms with E-state index in [2.05, 4.69) is 53.2 Å². The van der Waals surface area contributed by atoms with Gasteiger partial charge >= 0.3 is 0 Å². The molecule has 1 fully saturated rings. The van der Waals surface area contributed by atoms with Gasteiger partial charge in [0.15, 0.2) is 0 Å². The molecule has 30 heavy (non-hydrogen) atoms. The SMILES string of the molecule is COc1ccc(-c2noc(CC(=O)N3CCN(c4ccc(C)cc4)C(C)C3)n2)cc1. The molecule has 0 bridgehead atoms. The van der Waals surface area contributed by atoms with Crippen molar-refractivity contribution in [2.24, 2.45) is 0 Å². The quantitative estimate of drug-likeness (QED) is 0.647. The summed E-state index contributed by atoms with van der Waals surface area (Å²) in [5.74, 6) is 1.57. The van der Waals surface area contributed by atoms with Crippen LogP contribution in [0.1, 0.15) is 18.4 Å². The molecule has 1 unspecified atom stereocenters. The largest absolute Gasteiger partial charge is 0.497 e. The molecule has 0 aliphatic carbocycles. The molecular weight excluding hydrogens is 380 g/mol. The zero-order valence-electron chi connectivity index (χ0n) is 17.5. The number of rotatable bonds is 5. The van der Waals surface area contributed by atoms with E-state index in [1.54, 1.807) is 7.11 Å². The minimum absolute atomic E-state index is 0.00957. The van der Waals surface area contributed by atoms with Crippen LogP contribution in [0.25, 0.3) is 11.4 Å². The Labute approximate surface area is 176 Å². The van der Waals surface area contributed by atoms with E-state index in [0.29, 0.717) is 24.8 Å². The van der Waals surface area contributed by atoms with Gasteiger partial charge in [-0.15, -0.1) is 0 Å². The van der Waals surface area contributed by atoms with Crippen molar-refractivity contribution >= 4 is 11.6 Å². The van der Waals surface area contributed by atoms with Gasteiger partial charge in [0, 0.05) is 36.9 Å². The first-order valence-corrected chi connectivity index (χ1v) is 10.1. The predicted molar refractivity (Wildman–Crippen MR) is 115 cm³/mol. The number of aryl methyl sites for hydroxylation is 1. The number of carbonyl (C=O) groups is 1. The lowest BCUT2D eigenvalue weighted by molar-refractivity contribution is -0.131. The molecule has 1 atom stereocenters. The number of aromatic nitrogens is 2. The molecule has 0 radical (unpaired) electrons. The number of piperazine rings is 1. The third kappa shape index (κ3) is 4.30. The molecule has 1 aliphatic rings. The Kier molecular flexibility index (Phi) is 5.70. The van der Waals surface area contributed by atoms with Crippen LogP contribution in [-0.4, -0.2) is 53.7 Å². The van der Waals surface area contributed by atoms with Crippen LogP contribution in [0.4, 0.5) is 5.69 Å². The van der Waals surface area contributed by atoms with Crippen LogP contribution < -0.4 is 9.64 Å². The lowest BCUT2D eigenvalue weighted by atomic mass is 10.1. The van der Waals surface area contributed by atoms with Gasteiger partial charge in [0.2, 0.25) is 17.6 Å². The highest BCUT2D eigenvalue weighted by atomic mass is 16.5. The first-order chi connectivity index (χ1) is 14.5. The number of methoxy groups -OCH3 is 1. The topological polar surface area (TPSA) is 71.7 Å². The van der Waals surface area contributed by atoms with Crippen LogP contribution in [0, 0.1) is 6.92 Å². The number of nitrogens with zero attached hydrogens (tertiary/aromatic N) is 4. The molecule has 1 amide bonds. The Morgan fingerprint density at radius 3 is 2.53 bits per heavy atom.